The Kier molecular flexibility index (Phi) is 6.50. The van der Waals surface area contributed by atoms with Crippen molar-refractivity contribution in [2.45, 2.75) is 31.0 Å². The predicted octanol–water partition coefficient (Wildman–Crippen LogP) is 2.84. The van der Waals surface area contributed by atoms with Gasteiger partial charge in [-0.15, -0.1) is 0 Å². The molecule has 13 heteroatoms. The van der Waals surface area contributed by atoms with Crippen LogP contribution in [-0.4, -0.2) is 39.8 Å². The van der Waals surface area contributed by atoms with Crippen LogP contribution in [-0.2, 0) is 16.0 Å². The molecule has 0 aliphatic rings. The Morgan fingerprint density at radius 3 is 2.55 bits per heavy atom. The number of carbonyl (C=O) groups excluding carboxylic acids is 1. The van der Waals surface area contributed by atoms with E-state index in [0.717, 1.165) is 6.07 Å². The third-order valence-electron chi connectivity index (χ3n) is 4.64. The molecule has 33 heavy (non-hydrogen) atoms. The molecule has 9 nitrogen and oxygen atoms in total. The molecule has 2 aromatic heterocycles. The highest BCUT2D eigenvalue weighted by atomic mass is 32.2. The summed E-state index contributed by atoms with van der Waals surface area (Å²) in [6.45, 7) is 2.82. The zero-order valence-corrected chi connectivity index (χ0v) is 18.1. The minimum Gasteiger partial charge on any atom is -0.342 e. The largest absolute Gasteiger partial charge is 0.416 e. The van der Waals surface area contributed by atoms with Crippen LogP contribution in [0.4, 0.5) is 13.2 Å². The van der Waals surface area contributed by atoms with E-state index in [1.807, 2.05) is 6.07 Å². The SMILES string of the molecule is CCS(=O)(=O)c1cc(C(=O)N[C@@H](C)c2ncnn2-c2ccc(C#N)cn2)cc(C(F)(F)F)c1. The summed E-state index contributed by atoms with van der Waals surface area (Å²) in [5.41, 5.74) is -1.39. The first-order chi connectivity index (χ1) is 15.5. The molecule has 0 aliphatic heterocycles. The van der Waals surface area contributed by atoms with E-state index in [1.165, 1.54) is 43.2 Å². The first kappa shape index (κ1) is 23.9. The number of hydrogen-bond donors (Lipinski definition) is 1. The summed E-state index contributed by atoms with van der Waals surface area (Å²) >= 11 is 0. The number of amides is 1. The molecule has 1 amide bonds. The quantitative estimate of drug-likeness (QED) is 0.576. The molecule has 3 aromatic rings. The lowest BCUT2D eigenvalue weighted by molar-refractivity contribution is -0.137. The third kappa shape index (κ3) is 5.17. The number of carbonyl (C=O) groups is 1. The number of nitrogens with one attached hydrogen (secondary N) is 1. The van der Waals surface area contributed by atoms with Crippen molar-refractivity contribution in [1.29, 1.82) is 5.26 Å². The molecule has 0 radical (unpaired) electrons. The highest BCUT2D eigenvalue weighted by Crippen LogP contribution is 2.32. The molecular formula is C20H17F3N6O3S. The number of pyridine rings is 1. The van der Waals surface area contributed by atoms with Gasteiger partial charge in [0.2, 0.25) is 0 Å². The Labute approximate surface area is 186 Å². The lowest BCUT2D eigenvalue weighted by Gasteiger charge is -2.16. The van der Waals surface area contributed by atoms with Gasteiger partial charge in [-0.2, -0.15) is 28.2 Å². The monoisotopic (exact) mass is 478 g/mol. The van der Waals surface area contributed by atoms with Gasteiger partial charge < -0.3 is 5.32 Å². The van der Waals surface area contributed by atoms with Gasteiger partial charge in [-0.1, -0.05) is 6.92 Å². The summed E-state index contributed by atoms with van der Waals surface area (Å²) < 4.78 is 65.5. The van der Waals surface area contributed by atoms with Gasteiger partial charge in [0.05, 0.1) is 27.8 Å². The average Bonchev–Trinajstić information content (AvgIpc) is 3.28. The van der Waals surface area contributed by atoms with Crippen molar-refractivity contribution < 1.29 is 26.4 Å². The minimum atomic E-state index is -4.85. The molecule has 172 valence electrons. The van der Waals surface area contributed by atoms with E-state index in [1.54, 1.807) is 0 Å². The van der Waals surface area contributed by atoms with Crippen molar-refractivity contribution >= 4 is 15.7 Å². The molecular weight excluding hydrogens is 461 g/mol. The number of nitriles is 1. The summed E-state index contributed by atoms with van der Waals surface area (Å²) in [4.78, 5) is 20.3. The van der Waals surface area contributed by atoms with E-state index < -0.39 is 49.7 Å². The maximum Gasteiger partial charge on any atom is 0.416 e. The zero-order valence-electron chi connectivity index (χ0n) is 17.3. The molecule has 1 aromatic carbocycles. The number of nitrogens with zero attached hydrogens (tertiary/aromatic N) is 5. The fourth-order valence-corrected chi connectivity index (χ4v) is 3.83. The standard InChI is InChI=1S/C20H17F3N6O3S/c1-3-33(31,32)16-7-14(6-15(8-16)20(21,22)23)19(30)28-12(2)18-26-11-27-29(18)17-5-4-13(9-24)10-25-17/h4-8,10-12H,3H2,1-2H3,(H,28,30)/t12-/m0/s1. The van der Waals surface area contributed by atoms with Gasteiger partial charge in [-0.3, -0.25) is 4.79 Å². The summed E-state index contributed by atoms with van der Waals surface area (Å²) in [6, 6.07) is 6.11. The lowest BCUT2D eigenvalue weighted by Crippen LogP contribution is -2.29. The Bertz CT molecular complexity index is 1330. The first-order valence-corrected chi connectivity index (χ1v) is 11.1. The van der Waals surface area contributed by atoms with Crippen molar-refractivity contribution in [3.8, 4) is 11.9 Å². The van der Waals surface area contributed by atoms with Gasteiger partial charge in [-0.25, -0.2) is 18.4 Å². The molecule has 0 unspecified atom stereocenters. The molecule has 0 fully saturated rings. The number of benzene rings is 1. The number of alkyl halides is 3. The van der Waals surface area contributed by atoms with E-state index in [9.17, 15) is 26.4 Å². The van der Waals surface area contributed by atoms with Gasteiger partial charge in [0.1, 0.15) is 12.4 Å². The highest BCUT2D eigenvalue weighted by Gasteiger charge is 2.33. The summed E-state index contributed by atoms with van der Waals surface area (Å²) in [6.07, 6.45) is -2.32. The Morgan fingerprint density at radius 1 is 1.24 bits per heavy atom. The highest BCUT2D eigenvalue weighted by molar-refractivity contribution is 7.91. The second-order valence-corrected chi connectivity index (χ2v) is 9.17. The topological polar surface area (TPSA) is 131 Å². The Hall–Kier alpha value is -3.79. The van der Waals surface area contributed by atoms with Crippen molar-refractivity contribution in [3.05, 3.63) is 65.4 Å². The van der Waals surface area contributed by atoms with Crippen LogP contribution < -0.4 is 5.32 Å². The number of rotatable bonds is 6. The van der Waals surface area contributed by atoms with Crippen LogP contribution in [0.3, 0.4) is 0 Å². The minimum absolute atomic E-state index is 0.217. The maximum absolute atomic E-state index is 13.3. The molecule has 1 N–H and O–H groups in total. The van der Waals surface area contributed by atoms with Gasteiger partial charge >= 0.3 is 6.18 Å². The smallest absolute Gasteiger partial charge is 0.342 e. The number of hydrogen-bond acceptors (Lipinski definition) is 7. The fourth-order valence-electron chi connectivity index (χ4n) is 2.88. The van der Waals surface area contributed by atoms with E-state index in [0.29, 0.717) is 23.5 Å². The van der Waals surface area contributed by atoms with Gasteiger partial charge in [0, 0.05) is 11.8 Å². The number of halogens is 3. The van der Waals surface area contributed by atoms with Crippen molar-refractivity contribution in [2.75, 3.05) is 5.75 Å². The van der Waals surface area contributed by atoms with Crippen LogP contribution in [0.2, 0.25) is 0 Å². The van der Waals surface area contributed by atoms with Crippen molar-refractivity contribution in [1.82, 2.24) is 25.1 Å². The maximum atomic E-state index is 13.3. The number of aromatic nitrogens is 4. The van der Waals surface area contributed by atoms with Crippen molar-refractivity contribution in [3.63, 3.8) is 0 Å². The van der Waals surface area contributed by atoms with Crippen LogP contribution in [0, 0.1) is 11.3 Å². The summed E-state index contributed by atoms with van der Waals surface area (Å²) in [5, 5.41) is 15.4. The van der Waals surface area contributed by atoms with Gasteiger partial charge in [0.15, 0.2) is 21.5 Å². The number of sulfone groups is 1. The molecule has 0 saturated heterocycles. The van der Waals surface area contributed by atoms with Crippen LogP contribution in [0.15, 0.2) is 47.8 Å². The van der Waals surface area contributed by atoms with Crippen LogP contribution >= 0.6 is 0 Å². The third-order valence-corrected chi connectivity index (χ3v) is 6.35. The van der Waals surface area contributed by atoms with Crippen LogP contribution in [0.25, 0.3) is 5.82 Å². The first-order valence-electron chi connectivity index (χ1n) is 9.48. The second kappa shape index (κ2) is 8.99. The summed E-state index contributed by atoms with van der Waals surface area (Å²) in [5.74, 6) is -0.831. The van der Waals surface area contributed by atoms with E-state index >= 15 is 0 Å². The Morgan fingerprint density at radius 2 is 1.97 bits per heavy atom. The second-order valence-electron chi connectivity index (χ2n) is 6.89. The average molecular weight is 478 g/mol. The van der Waals surface area contributed by atoms with Gasteiger partial charge in [0.25, 0.3) is 5.91 Å². The predicted molar refractivity (Wildman–Crippen MR) is 109 cm³/mol. The molecule has 0 bridgehead atoms. The molecule has 2 heterocycles. The molecule has 3 rings (SSSR count). The normalized spacial score (nSPS) is 12.7. The van der Waals surface area contributed by atoms with E-state index in [2.05, 4.69) is 20.4 Å². The van der Waals surface area contributed by atoms with E-state index in [4.69, 9.17) is 5.26 Å². The zero-order chi connectivity index (χ0) is 24.4. The molecule has 0 saturated carbocycles. The van der Waals surface area contributed by atoms with E-state index in [-0.39, 0.29) is 5.82 Å². The van der Waals surface area contributed by atoms with Crippen molar-refractivity contribution in [2.24, 2.45) is 0 Å². The fraction of sp³-hybridized carbons (Fsp3) is 0.250. The van der Waals surface area contributed by atoms with Crippen LogP contribution in [0.5, 0.6) is 0 Å². The molecule has 0 aliphatic carbocycles. The van der Waals surface area contributed by atoms with Crippen LogP contribution in [0.1, 0.15) is 47.2 Å². The lowest BCUT2D eigenvalue weighted by atomic mass is 10.1. The summed E-state index contributed by atoms with van der Waals surface area (Å²) in [7, 11) is -3.99. The molecule has 0 spiro atoms. The Balaban J connectivity index is 1.93. The van der Waals surface area contributed by atoms with Gasteiger partial charge in [-0.05, 0) is 37.3 Å². The molecule has 1 atom stereocenters.